The first-order chi connectivity index (χ1) is 9.45. The van der Waals surface area contributed by atoms with Crippen molar-refractivity contribution in [2.75, 3.05) is 20.1 Å². The maximum atomic E-state index is 13.1. The molecule has 1 fully saturated rings. The molecule has 0 aliphatic carbocycles. The summed E-state index contributed by atoms with van der Waals surface area (Å²) in [6.07, 6.45) is -0.456. The number of hydrogen-bond donors (Lipinski definition) is 1. The normalized spacial score (nSPS) is 17.9. The van der Waals surface area contributed by atoms with Crippen LogP contribution in [0.5, 0.6) is 0 Å². The average molecular weight is 300 g/mol. The van der Waals surface area contributed by atoms with E-state index >= 15 is 0 Å². The van der Waals surface area contributed by atoms with Crippen LogP contribution in [-0.4, -0.2) is 44.9 Å². The molecule has 0 aromatic heterocycles. The zero-order valence-corrected chi connectivity index (χ0v) is 12.0. The molecule has 0 bridgehead atoms. The number of sulfonamides is 1. The molecule has 0 spiro atoms. The first-order valence-corrected chi connectivity index (χ1v) is 7.85. The first-order valence-electron chi connectivity index (χ1n) is 6.41. The summed E-state index contributed by atoms with van der Waals surface area (Å²) in [4.78, 5) is 11.5. The second-order valence-corrected chi connectivity index (χ2v) is 6.62. The predicted octanol–water partition coefficient (Wildman–Crippen LogP) is 1.17. The van der Waals surface area contributed by atoms with Crippen LogP contribution in [0.25, 0.3) is 0 Å². The Morgan fingerprint density at radius 1 is 1.25 bits per heavy atom. The first kappa shape index (κ1) is 14.9. The highest BCUT2D eigenvalue weighted by atomic mass is 32.2. The Hall–Kier alpha value is -1.47. The van der Waals surface area contributed by atoms with Crippen molar-refractivity contribution in [1.82, 2.24) is 9.62 Å². The molecule has 1 aromatic carbocycles. The van der Waals surface area contributed by atoms with Crippen molar-refractivity contribution >= 4 is 15.9 Å². The van der Waals surface area contributed by atoms with E-state index in [1.807, 2.05) is 0 Å². The number of hydrogen-bond acceptors (Lipinski definition) is 3. The van der Waals surface area contributed by atoms with Crippen molar-refractivity contribution < 1.29 is 17.6 Å². The van der Waals surface area contributed by atoms with Crippen molar-refractivity contribution in [2.45, 2.75) is 23.9 Å². The third kappa shape index (κ3) is 2.99. The van der Waals surface area contributed by atoms with Gasteiger partial charge in [0.2, 0.25) is 10.0 Å². The Morgan fingerprint density at radius 2 is 1.80 bits per heavy atom. The van der Waals surface area contributed by atoms with E-state index < -0.39 is 16.2 Å². The summed E-state index contributed by atoms with van der Waals surface area (Å²) in [5.74, 6) is -0.271. The van der Waals surface area contributed by atoms with Gasteiger partial charge < -0.3 is 5.32 Å². The van der Waals surface area contributed by atoms with Gasteiger partial charge in [-0.3, -0.25) is 4.79 Å². The lowest BCUT2D eigenvalue weighted by Gasteiger charge is -2.27. The number of halogens is 1. The Labute approximate surface area is 117 Å². The molecule has 1 N–H and O–H groups in total. The van der Waals surface area contributed by atoms with Crippen LogP contribution in [0.15, 0.2) is 29.2 Å². The quantitative estimate of drug-likeness (QED) is 0.911. The predicted molar refractivity (Wildman–Crippen MR) is 72.7 cm³/mol. The second kappa shape index (κ2) is 5.88. The molecule has 1 saturated heterocycles. The number of amides is 1. The SMILES string of the molecule is CNC(=O)c1ccc(S(=O)(=O)N2CCC(F)CC2)cc1. The van der Waals surface area contributed by atoms with Crippen LogP contribution in [0.2, 0.25) is 0 Å². The lowest BCUT2D eigenvalue weighted by molar-refractivity contribution is 0.0963. The van der Waals surface area contributed by atoms with E-state index in [0.717, 1.165) is 0 Å². The van der Waals surface area contributed by atoms with E-state index in [1.165, 1.54) is 35.6 Å². The van der Waals surface area contributed by atoms with E-state index in [0.29, 0.717) is 5.56 Å². The number of piperidine rings is 1. The Bertz CT molecular complexity index is 578. The topological polar surface area (TPSA) is 66.5 Å². The lowest BCUT2D eigenvalue weighted by Crippen LogP contribution is -2.39. The molecular formula is C13H17FN2O3S. The molecule has 110 valence electrons. The van der Waals surface area contributed by atoms with Crippen LogP contribution in [0, 0.1) is 0 Å². The molecule has 0 atom stereocenters. The number of carbonyl (C=O) groups is 1. The van der Waals surface area contributed by atoms with Gasteiger partial charge in [0, 0.05) is 25.7 Å². The van der Waals surface area contributed by atoms with E-state index in [4.69, 9.17) is 0 Å². The third-order valence-electron chi connectivity index (χ3n) is 3.36. The average Bonchev–Trinajstić information content (AvgIpc) is 2.47. The highest BCUT2D eigenvalue weighted by Gasteiger charge is 2.29. The van der Waals surface area contributed by atoms with Gasteiger partial charge in [-0.25, -0.2) is 12.8 Å². The molecule has 2 rings (SSSR count). The molecule has 1 aliphatic heterocycles. The van der Waals surface area contributed by atoms with Gasteiger partial charge >= 0.3 is 0 Å². The maximum absolute atomic E-state index is 13.1. The minimum absolute atomic E-state index is 0.127. The minimum atomic E-state index is -3.60. The molecule has 1 amide bonds. The molecule has 7 heteroatoms. The van der Waals surface area contributed by atoms with Crippen LogP contribution in [0.3, 0.4) is 0 Å². The van der Waals surface area contributed by atoms with E-state index in [9.17, 15) is 17.6 Å². The summed E-state index contributed by atoms with van der Waals surface area (Å²) in [7, 11) is -2.09. The van der Waals surface area contributed by atoms with Crippen LogP contribution in [0.4, 0.5) is 4.39 Å². The lowest BCUT2D eigenvalue weighted by atomic mass is 10.1. The molecule has 0 unspecified atom stereocenters. The molecule has 1 aliphatic rings. The summed E-state index contributed by atoms with van der Waals surface area (Å²) in [5, 5.41) is 2.47. The van der Waals surface area contributed by atoms with Crippen molar-refractivity contribution in [3.63, 3.8) is 0 Å². The number of nitrogens with zero attached hydrogens (tertiary/aromatic N) is 1. The fraction of sp³-hybridized carbons (Fsp3) is 0.462. The monoisotopic (exact) mass is 300 g/mol. The molecule has 1 aromatic rings. The van der Waals surface area contributed by atoms with Crippen LogP contribution in [-0.2, 0) is 10.0 Å². The molecule has 20 heavy (non-hydrogen) atoms. The van der Waals surface area contributed by atoms with Gasteiger partial charge in [0.1, 0.15) is 6.17 Å². The minimum Gasteiger partial charge on any atom is -0.355 e. The largest absolute Gasteiger partial charge is 0.355 e. The van der Waals surface area contributed by atoms with Crippen LogP contribution in [0.1, 0.15) is 23.2 Å². The Morgan fingerprint density at radius 3 is 2.30 bits per heavy atom. The summed E-state index contributed by atoms with van der Waals surface area (Å²) in [6, 6.07) is 5.74. The Kier molecular flexibility index (Phi) is 4.39. The van der Waals surface area contributed by atoms with Gasteiger partial charge in [-0.05, 0) is 37.1 Å². The van der Waals surface area contributed by atoms with E-state index in [2.05, 4.69) is 5.32 Å². The Balaban J connectivity index is 2.19. The standard InChI is InChI=1S/C13H17FN2O3S/c1-15-13(17)10-2-4-12(5-3-10)20(18,19)16-8-6-11(14)7-9-16/h2-5,11H,6-9H2,1H3,(H,15,17). The summed E-state index contributed by atoms with van der Waals surface area (Å²) in [6.45, 7) is 0.390. The molecule has 5 nitrogen and oxygen atoms in total. The third-order valence-corrected chi connectivity index (χ3v) is 5.28. The number of carbonyl (C=O) groups excluding carboxylic acids is 1. The number of nitrogens with one attached hydrogen (secondary N) is 1. The van der Waals surface area contributed by atoms with E-state index in [1.54, 1.807) is 0 Å². The fourth-order valence-corrected chi connectivity index (χ4v) is 3.61. The highest BCUT2D eigenvalue weighted by molar-refractivity contribution is 7.89. The summed E-state index contributed by atoms with van der Waals surface area (Å²) < 4.78 is 39.0. The zero-order chi connectivity index (χ0) is 14.8. The number of alkyl halides is 1. The molecular weight excluding hydrogens is 283 g/mol. The van der Waals surface area contributed by atoms with Crippen molar-refractivity contribution in [2.24, 2.45) is 0 Å². The molecule has 0 radical (unpaired) electrons. The van der Waals surface area contributed by atoms with E-state index in [-0.39, 0.29) is 36.7 Å². The van der Waals surface area contributed by atoms with Crippen molar-refractivity contribution in [1.29, 1.82) is 0 Å². The van der Waals surface area contributed by atoms with Gasteiger partial charge in [0.25, 0.3) is 5.91 Å². The van der Waals surface area contributed by atoms with Crippen molar-refractivity contribution in [3.05, 3.63) is 29.8 Å². The smallest absolute Gasteiger partial charge is 0.251 e. The van der Waals surface area contributed by atoms with Crippen LogP contribution >= 0.6 is 0 Å². The summed E-state index contributed by atoms with van der Waals surface area (Å²) >= 11 is 0. The van der Waals surface area contributed by atoms with Gasteiger partial charge in [0.05, 0.1) is 4.90 Å². The highest BCUT2D eigenvalue weighted by Crippen LogP contribution is 2.22. The van der Waals surface area contributed by atoms with Gasteiger partial charge in [-0.15, -0.1) is 0 Å². The van der Waals surface area contributed by atoms with Crippen LogP contribution < -0.4 is 5.32 Å². The molecule has 0 saturated carbocycles. The van der Waals surface area contributed by atoms with Gasteiger partial charge in [0.15, 0.2) is 0 Å². The maximum Gasteiger partial charge on any atom is 0.251 e. The number of rotatable bonds is 3. The zero-order valence-electron chi connectivity index (χ0n) is 11.2. The molecule has 1 heterocycles. The van der Waals surface area contributed by atoms with Gasteiger partial charge in [-0.1, -0.05) is 0 Å². The van der Waals surface area contributed by atoms with Crippen molar-refractivity contribution in [3.8, 4) is 0 Å². The second-order valence-electron chi connectivity index (χ2n) is 4.68. The number of benzene rings is 1. The summed E-state index contributed by atoms with van der Waals surface area (Å²) in [5.41, 5.74) is 0.397. The fourth-order valence-electron chi connectivity index (χ4n) is 2.14. The van der Waals surface area contributed by atoms with Gasteiger partial charge in [-0.2, -0.15) is 4.31 Å².